The van der Waals surface area contributed by atoms with Crippen molar-refractivity contribution in [3.63, 3.8) is 0 Å². The topological polar surface area (TPSA) is 60.7 Å². The summed E-state index contributed by atoms with van der Waals surface area (Å²) in [5, 5.41) is 28.4. The number of hydrogen-bond acceptors (Lipinski definition) is 5. The van der Waals surface area contributed by atoms with E-state index in [-0.39, 0.29) is 5.06 Å². The average molecular weight is 226 g/mol. The lowest BCUT2D eigenvalue weighted by Crippen LogP contribution is -2.31. The Hall–Kier alpha value is -0.685. The molecule has 0 aliphatic heterocycles. The third-order valence-electron chi connectivity index (χ3n) is 1.96. The zero-order chi connectivity index (χ0) is 10.3. The summed E-state index contributed by atoms with van der Waals surface area (Å²) in [5.41, 5.74) is 0.336. The van der Waals surface area contributed by atoms with Gasteiger partial charge in [-0.25, -0.2) is 0 Å². The highest BCUT2D eigenvalue weighted by atomic mass is 32.1. The average Bonchev–Trinajstić information content (AvgIpc) is 2.43. The maximum atomic E-state index is 9.28. The van der Waals surface area contributed by atoms with Gasteiger partial charge in [0.15, 0.2) is 5.06 Å². The second kappa shape index (κ2) is 3.47. The molecule has 1 aromatic heterocycles. The molecule has 0 radical (unpaired) electrons. The fourth-order valence-electron chi connectivity index (χ4n) is 1.38. The molecule has 1 heterocycles. The summed E-state index contributed by atoms with van der Waals surface area (Å²) in [5.74, 6) is 0. The highest BCUT2D eigenvalue weighted by Gasteiger charge is 2.19. The Morgan fingerprint density at radius 1 is 1.29 bits per heavy atom. The summed E-state index contributed by atoms with van der Waals surface area (Å²) in [6.45, 7) is 0. The molecule has 14 heavy (non-hydrogen) atoms. The van der Waals surface area contributed by atoms with E-state index in [1.165, 1.54) is 17.4 Å². The number of fused-ring (bicyclic) bond motifs is 1. The third kappa shape index (κ3) is 1.50. The number of thiol groups is 1. The Morgan fingerprint density at radius 3 is 2.64 bits per heavy atom. The van der Waals surface area contributed by atoms with Crippen LogP contribution in [0.1, 0.15) is 0 Å². The van der Waals surface area contributed by atoms with Crippen LogP contribution in [0.15, 0.2) is 23.1 Å². The van der Waals surface area contributed by atoms with Crippen LogP contribution in [-0.2, 0) is 0 Å². The van der Waals surface area contributed by atoms with Gasteiger partial charge in [-0.15, -0.1) is 12.6 Å². The predicted molar refractivity (Wildman–Crippen MR) is 60.6 cm³/mol. The summed E-state index contributed by atoms with van der Waals surface area (Å²) < 4.78 is 0.809. The van der Waals surface area contributed by atoms with Crippen LogP contribution in [0.25, 0.3) is 10.1 Å². The first-order valence-electron chi connectivity index (χ1n) is 3.90. The Morgan fingerprint density at radius 2 is 2.00 bits per heavy atom. The van der Waals surface area contributed by atoms with Crippen LogP contribution in [0.3, 0.4) is 0 Å². The van der Waals surface area contributed by atoms with Crippen LogP contribution < -0.4 is 5.46 Å². The van der Waals surface area contributed by atoms with Gasteiger partial charge in [0, 0.05) is 15.1 Å². The van der Waals surface area contributed by atoms with Crippen LogP contribution in [0, 0.1) is 0 Å². The summed E-state index contributed by atoms with van der Waals surface area (Å²) >= 11 is 5.32. The molecule has 6 heteroatoms. The normalized spacial score (nSPS) is 10.8. The largest absolute Gasteiger partial charge is 0.499 e. The number of hydrogen-bond donors (Lipinski definition) is 4. The van der Waals surface area contributed by atoms with E-state index in [4.69, 9.17) is 10.0 Å². The molecule has 0 fully saturated rings. The van der Waals surface area contributed by atoms with Crippen LogP contribution in [0.2, 0.25) is 0 Å². The van der Waals surface area contributed by atoms with Crippen LogP contribution >= 0.6 is 24.0 Å². The van der Waals surface area contributed by atoms with Crippen molar-refractivity contribution in [2.45, 2.75) is 4.90 Å². The first kappa shape index (κ1) is 9.85. The lowest BCUT2D eigenvalue weighted by Gasteiger charge is -2.04. The fourth-order valence-corrected chi connectivity index (χ4v) is 2.51. The van der Waals surface area contributed by atoms with Crippen LogP contribution in [0.4, 0.5) is 0 Å². The van der Waals surface area contributed by atoms with Crippen molar-refractivity contribution in [2.24, 2.45) is 0 Å². The van der Waals surface area contributed by atoms with Crippen molar-refractivity contribution in [1.29, 1.82) is 0 Å². The summed E-state index contributed by atoms with van der Waals surface area (Å²) in [7, 11) is -1.57. The van der Waals surface area contributed by atoms with Gasteiger partial charge in [-0.1, -0.05) is 11.3 Å². The molecule has 0 bridgehead atoms. The molecule has 0 aliphatic carbocycles. The minimum absolute atomic E-state index is 0.154. The Bertz CT molecular complexity index is 481. The van der Waals surface area contributed by atoms with Crippen molar-refractivity contribution in [3.05, 3.63) is 18.2 Å². The number of rotatable bonds is 1. The smallest absolute Gasteiger partial charge is 0.490 e. The van der Waals surface area contributed by atoms with Gasteiger partial charge in [0.25, 0.3) is 0 Å². The van der Waals surface area contributed by atoms with Gasteiger partial charge in [-0.2, -0.15) is 0 Å². The maximum absolute atomic E-state index is 9.28. The molecule has 3 nitrogen and oxygen atoms in total. The monoisotopic (exact) mass is 226 g/mol. The zero-order valence-corrected chi connectivity index (χ0v) is 8.72. The second-order valence-electron chi connectivity index (χ2n) is 2.87. The molecule has 3 N–H and O–H groups in total. The molecular formula is C8H7BO3S2. The van der Waals surface area contributed by atoms with Crippen molar-refractivity contribution < 1.29 is 15.2 Å². The van der Waals surface area contributed by atoms with E-state index in [9.17, 15) is 5.11 Å². The highest BCUT2D eigenvalue weighted by molar-refractivity contribution is 7.80. The molecule has 72 valence electrons. The van der Waals surface area contributed by atoms with E-state index >= 15 is 0 Å². The first-order chi connectivity index (χ1) is 6.59. The third-order valence-corrected chi connectivity index (χ3v) is 3.26. The first-order valence-corrected chi connectivity index (χ1v) is 5.16. The SMILES string of the molecule is OB(O)c1c(S)ccc2sc(O)cc12. The van der Waals surface area contributed by atoms with E-state index in [0.717, 1.165) is 4.70 Å². The summed E-state index contributed by atoms with van der Waals surface area (Å²) in [4.78, 5) is 0.505. The highest BCUT2D eigenvalue weighted by Crippen LogP contribution is 2.30. The summed E-state index contributed by atoms with van der Waals surface area (Å²) in [6.07, 6.45) is 0. The van der Waals surface area contributed by atoms with Gasteiger partial charge >= 0.3 is 7.12 Å². The molecule has 0 saturated heterocycles. The standard InChI is InChI=1S/C8H7BO3S2/c10-7-3-4-6(14-7)2-1-5(13)8(4)9(11)12/h1-3,10-13H. The number of benzene rings is 1. The van der Waals surface area contributed by atoms with E-state index in [0.29, 0.717) is 15.7 Å². The molecular weight excluding hydrogens is 219 g/mol. The Labute approximate surface area is 90.2 Å². The number of aromatic hydroxyl groups is 1. The molecule has 2 rings (SSSR count). The lowest BCUT2D eigenvalue weighted by atomic mass is 9.78. The van der Waals surface area contributed by atoms with Gasteiger partial charge in [0.1, 0.15) is 0 Å². The van der Waals surface area contributed by atoms with E-state index < -0.39 is 7.12 Å². The molecule has 1 aromatic carbocycles. The maximum Gasteiger partial charge on any atom is 0.490 e. The summed E-state index contributed by atoms with van der Waals surface area (Å²) in [6, 6.07) is 4.97. The van der Waals surface area contributed by atoms with Gasteiger partial charge in [-0.05, 0) is 23.6 Å². The van der Waals surface area contributed by atoms with Crippen LogP contribution in [-0.4, -0.2) is 22.3 Å². The van der Waals surface area contributed by atoms with Crippen molar-refractivity contribution in [1.82, 2.24) is 0 Å². The van der Waals surface area contributed by atoms with E-state index in [2.05, 4.69) is 12.6 Å². The van der Waals surface area contributed by atoms with Crippen molar-refractivity contribution in [2.75, 3.05) is 0 Å². The quantitative estimate of drug-likeness (QED) is 0.425. The molecule has 0 atom stereocenters. The second-order valence-corrected chi connectivity index (χ2v) is 4.41. The number of thiophene rings is 1. The lowest BCUT2D eigenvalue weighted by molar-refractivity contribution is 0.425. The fraction of sp³-hybridized carbons (Fsp3) is 0. The minimum atomic E-state index is -1.57. The molecule has 0 aliphatic rings. The zero-order valence-electron chi connectivity index (χ0n) is 7.01. The van der Waals surface area contributed by atoms with Gasteiger partial charge < -0.3 is 15.2 Å². The predicted octanol–water partition coefficient (Wildman–Crippen LogP) is 0.575. The molecule has 0 amide bonds. The molecule has 0 unspecified atom stereocenters. The van der Waals surface area contributed by atoms with Crippen LogP contribution in [0.5, 0.6) is 5.06 Å². The molecule has 2 aromatic rings. The Balaban J connectivity index is 2.82. The van der Waals surface area contributed by atoms with E-state index in [1.807, 2.05) is 0 Å². The molecule has 0 spiro atoms. The molecule has 0 saturated carbocycles. The van der Waals surface area contributed by atoms with Gasteiger partial charge in [-0.3, -0.25) is 0 Å². The Kier molecular flexibility index (Phi) is 2.44. The minimum Gasteiger partial charge on any atom is -0.499 e. The van der Waals surface area contributed by atoms with Gasteiger partial charge in [0.2, 0.25) is 0 Å². The van der Waals surface area contributed by atoms with Gasteiger partial charge in [0.05, 0.1) is 0 Å². The van der Waals surface area contributed by atoms with E-state index in [1.54, 1.807) is 12.1 Å². The van der Waals surface area contributed by atoms with Crippen molar-refractivity contribution in [3.8, 4) is 5.06 Å². The van der Waals surface area contributed by atoms with Crippen molar-refractivity contribution >= 4 is 46.6 Å².